The Morgan fingerprint density at radius 1 is 1.20 bits per heavy atom. The van der Waals surface area contributed by atoms with Gasteiger partial charge in [0.15, 0.2) is 0 Å². The van der Waals surface area contributed by atoms with Gasteiger partial charge >= 0.3 is 6.09 Å². The number of ether oxygens (including phenoxy) is 1. The Morgan fingerprint density at radius 3 is 2.48 bits per heavy atom. The molecule has 0 aliphatic carbocycles. The van der Waals surface area contributed by atoms with Crippen LogP contribution in [0.4, 0.5) is 4.79 Å². The van der Waals surface area contributed by atoms with Gasteiger partial charge in [0, 0.05) is 25.5 Å². The van der Waals surface area contributed by atoms with Crippen LogP contribution >= 0.6 is 0 Å². The number of amides is 1. The molecule has 0 bridgehead atoms. The highest BCUT2D eigenvalue weighted by atomic mass is 16.6. The van der Waals surface area contributed by atoms with Crippen molar-refractivity contribution in [3.63, 3.8) is 0 Å². The van der Waals surface area contributed by atoms with Crippen molar-refractivity contribution < 1.29 is 14.6 Å². The Hall–Kier alpha value is -2.44. The molecule has 1 saturated heterocycles. The van der Waals surface area contributed by atoms with Crippen LogP contribution in [0, 0.1) is 0 Å². The number of carbonyl (C=O) groups is 1. The predicted octanol–water partition coefficient (Wildman–Crippen LogP) is 2.25. The Bertz CT molecular complexity index is 686. The van der Waals surface area contributed by atoms with Crippen molar-refractivity contribution in [2.45, 2.75) is 31.1 Å². The molecule has 3 rings (SSSR count). The van der Waals surface area contributed by atoms with E-state index in [-0.39, 0.29) is 12.7 Å². The molecule has 0 saturated carbocycles. The smallest absolute Gasteiger partial charge is 0.410 e. The number of nitrogens with zero attached hydrogens (tertiary/aromatic N) is 2. The van der Waals surface area contributed by atoms with E-state index in [0.717, 1.165) is 11.1 Å². The van der Waals surface area contributed by atoms with Gasteiger partial charge in [0.05, 0.1) is 11.6 Å². The third-order valence-electron chi connectivity index (χ3n) is 4.74. The predicted molar refractivity (Wildman–Crippen MR) is 93.5 cm³/mol. The van der Waals surface area contributed by atoms with Crippen molar-refractivity contribution >= 4 is 6.09 Å². The first-order chi connectivity index (χ1) is 12.1. The quantitative estimate of drug-likeness (QED) is 0.890. The van der Waals surface area contributed by atoms with Gasteiger partial charge in [-0.05, 0) is 36.1 Å². The maximum atomic E-state index is 12.2. The summed E-state index contributed by atoms with van der Waals surface area (Å²) >= 11 is 0. The Kier molecular flexibility index (Phi) is 5.31. The first-order valence-corrected chi connectivity index (χ1v) is 8.42. The molecule has 1 aliphatic rings. The molecule has 6 heteroatoms. The van der Waals surface area contributed by atoms with E-state index in [0.29, 0.717) is 25.9 Å². The van der Waals surface area contributed by atoms with Gasteiger partial charge in [-0.25, -0.2) is 4.79 Å². The lowest BCUT2D eigenvalue weighted by Crippen LogP contribution is -2.51. The number of rotatable bonds is 4. The van der Waals surface area contributed by atoms with Gasteiger partial charge < -0.3 is 20.5 Å². The summed E-state index contributed by atoms with van der Waals surface area (Å²) in [5.74, 6) is 0. The molecule has 1 aliphatic heterocycles. The van der Waals surface area contributed by atoms with Gasteiger partial charge in [0.25, 0.3) is 0 Å². The second kappa shape index (κ2) is 7.63. The standard InChI is InChI=1S/C19H23N3O3/c20-17(16-6-10-21-11-7-16)19(24)8-12-22(13-9-19)18(23)25-14-15-4-2-1-3-5-15/h1-7,10-11,17,24H,8-9,12-14,20H2. The zero-order valence-corrected chi connectivity index (χ0v) is 14.0. The topological polar surface area (TPSA) is 88.7 Å². The minimum Gasteiger partial charge on any atom is -0.445 e. The van der Waals surface area contributed by atoms with Crippen LogP contribution in [-0.4, -0.2) is 39.8 Å². The van der Waals surface area contributed by atoms with Crippen molar-refractivity contribution in [2.75, 3.05) is 13.1 Å². The van der Waals surface area contributed by atoms with Gasteiger partial charge in [-0.15, -0.1) is 0 Å². The average Bonchev–Trinajstić information content (AvgIpc) is 2.67. The normalized spacial score (nSPS) is 17.8. The molecule has 2 aromatic rings. The molecule has 3 N–H and O–H groups in total. The second-order valence-electron chi connectivity index (χ2n) is 6.39. The Labute approximate surface area is 147 Å². The van der Waals surface area contributed by atoms with Crippen LogP contribution < -0.4 is 5.73 Å². The fraction of sp³-hybridized carbons (Fsp3) is 0.368. The molecule has 25 heavy (non-hydrogen) atoms. The molecular formula is C19H23N3O3. The largest absolute Gasteiger partial charge is 0.445 e. The number of aromatic nitrogens is 1. The molecule has 1 aromatic carbocycles. The number of aliphatic hydroxyl groups is 1. The number of pyridine rings is 1. The number of hydrogen-bond donors (Lipinski definition) is 2. The molecule has 1 unspecified atom stereocenters. The lowest BCUT2D eigenvalue weighted by Gasteiger charge is -2.41. The van der Waals surface area contributed by atoms with Crippen LogP contribution in [0.1, 0.15) is 30.0 Å². The molecule has 6 nitrogen and oxygen atoms in total. The number of hydrogen-bond acceptors (Lipinski definition) is 5. The molecule has 1 atom stereocenters. The minimum absolute atomic E-state index is 0.247. The summed E-state index contributed by atoms with van der Waals surface area (Å²) in [5.41, 5.74) is 7.01. The van der Waals surface area contributed by atoms with Crippen molar-refractivity contribution in [1.29, 1.82) is 0 Å². The first kappa shape index (κ1) is 17.4. The van der Waals surface area contributed by atoms with Crippen LogP contribution in [0.2, 0.25) is 0 Å². The summed E-state index contributed by atoms with van der Waals surface area (Å²) in [7, 11) is 0. The fourth-order valence-corrected chi connectivity index (χ4v) is 3.08. The SMILES string of the molecule is NC(c1ccncc1)C1(O)CCN(C(=O)OCc2ccccc2)CC1. The number of benzene rings is 1. The maximum Gasteiger partial charge on any atom is 0.410 e. The molecule has 1 amide bonds. The molecule has 2 heterocycles. The van der Waals surface area contributed by atoms with Crippen molar-refractivity contribution in [3.05, 3.63) is 66.0 Å². The van der Waals surface area contributed by atoms with Gasteiger partial charge in [-0.1, -0.05) is 30.3 Å². The fourth-order valence-electron chi connectivity index (χ4n) is 3.08. The van der Waals surface area contributed by atoms with E-state index in [1.165, 1.54) is 0 Å². The van der Waals surface area contributed by atoms with Gasteiger partial charge in [0.1, 0.15) is 6.61 Å². The Morgan fingerprint density at radius 2 is 1.84 bits per heavy atom. The summed E-state index contributed by atoms with van der Waals surface area (Å²) in [4.78, 5) is 17.8. The molecule has 132 valence electrons. The number of piperidine rings is 1. The first-order valence-electron chi connectivity index (χ1n) is 8.42. The lowest BCUT2D eigenvalue weighted by molar-refractivity contribution is -0.0405. The van der Waals surface area contributed by atoms with E-state index in [1.54, 1.807) is 17.3 Å². The van der Waals surface area contributed by atoms with Crippen molar-refractivity contribution in [1.82, 2.24) is 9.88 Å². The van der Waals surface area contributed by atoms with Crippen LogP contribution in [0.3, 0.4) is 0 Å². The van der Waals surface area contributed by atoms with Gasteiger partial charge in [0.2, 0.25) is 0 Å². The van der Waals surface area contributed by atoms with E-state index in [2.05, 4.69) is 4.98 Å². The highest BCUT2D eigenvalue weighted by molar-refractivity contribution is 5.67. The highest BCUT2D eigenvalue weighted by Gasteiger charge is 2.40. The average molecular weight is 341 g/mol. The monoisotopic (exact) mass is 341 g/mol. The molecule has 1 fully saturated rings. The van der Waals surface area contributed by atoms with Crippen LogP contribution in [0.25, 0.3) is 0 Å². The maximum absolute atomic E-state index is 12.2. The summed E-state index contributed by atoms with van der Waals surface area (Å²) in [6.45, 7) is 1.09. The highest BCUT2D eigenvalue weighted by Crippen LogP contribution is 2.33. The summed E-state index contributed by atoms with van der Waals surface area (Å²) in [6.07, 6.45) is 3.79. The van der Waals surface area contributed by atoms with E-state index < -0.39 is 11.6 Å². The lowest BCUT2D eigenvalue weighted by atomic mass is 9.81. The van der Waals surface area contributed by atoms with E-state index >= 15 is 0 Å². The molecule has 0 radical (unpaired) electrons. The van der Waals surface area contributed by atoms with Crippen LogP contribution in [0.15, 0.2) is 54.9 Å². The summed E-state index contributed by atoms with van der Waals surface area (Å²) in [5, 5.41) is 10.9. The van der Waals surface area contributed by atoms with E-state index in [1.807, 2.05) is 42.5 Å². The van der Waals surface area contributed by atoms with Gasteiger partial charge in [-0.2, -0.15) is 0 Å². The zero-order valence-electron chi connectivity index (χ0n) is 14.0. The number of likely N-dealkylation sites (tertiary alicyclic amines) is 1. The molecular weight excluding hydrogens is 318 g/mol. The van der Waals surface area contributed by atoms with Crippen molar-refractivity contribution in [2.24, 2.45) is 5.73 Å². The van der Waals surface area contributed by atoms with E-state index in [9.17, 15) is 9.90 Å². The third-order valence-corrected chi connectivity index (χ3v) is 4.74. The zero-order chi connectivity index (χ0) is 17.7. The van der Waals surface area contributed by atoms with Gasteiger partial charge in [-0.3, -0.25) is 4.98 Å². The van der Waals surface area contributed by atoms with Crippen LogP contribution in [0.5, 0.6) is 0 Å². The van der Waals surface area contributed by atoms with E-state index in [4.69, 9.17) is 10.5 Å². The summed E-state index contributed by atoms with van der Waals surface area (Å²) in [6, 6.07) is 12.7. The number of nitrogens with two attached hydrogens (primary N) is 1. The Balaban J connectivity index is 1.53. The van der Waals surface area contributed by atoms with Crippen molar-refractivity contribution in [3.8, 4) is 0 Å². The molecule has 0 spiro atoms. The summed E-state index contributed by atoms with van der Waals surface area (Å²) < 4.78 is 5.35. The second-order valence-corrected chi connectivity index (χ2v) is 6.39. The molecule has 1 aromatic heterocycles. The minimum atomic E-state index is -1.03. The third kappa shape index (κ3) is 4.15. The van der Waals surface area contributed by atoms with Crippen LogP contribution in [-0.2, 0) is 11.3 Å². The number of carbonyl (C=O) groups excluding carboxylic acids is 1.